The molecule has 0 fully saturated rings. The summed E-state index contributed by atoms with van der Waals surface area (Å²) in [5.74, 6) is 0.208. The lowest BCUT2D eigenvalue weighted by Gasteiger charge is -2.12. The van der Waals surface area contributed by atoms with E-state index in [0.29, 0.717) is 34.3 Å². The third-order valence-corrected chi connectivity index (χ3v) is 5.63. The molecule has 0 aliphatic rings. The molecule has 4 aromatic rings. The first-order valence-electron chi connectivity index (χ1n) is 11.2. The van der Waals surface area contributed by atoms with E-state index in [1.165, 1.54) is 13.0 Å². The number of carbonyl (C=O) groups is 2. The minimum Gasteiger partial charge on any atom is -0.493 e. The van der Waals surface area contributed by atoms with Crippen molar-refractivity contribution in [2.75, 3.05) is 17.2 Å². The predicted molar refractivity (Wildman–Crippen MR) is 141 cm³/mol. The van der Waals surface area contributed by atoms with Crippen LogP contribution < -0.4 is 15.4 Å². The van der Waals surface area contributed by atoms with Crippen LogP contribution in [-0.2, 0) is 9.59 Å². The molecular weight excluding hydrogens is 464 g/mol. The number of nitrogens with one attached hydrogen (secondary N) is 2. The summed E-state index contributed by atoms with van der Waals surface area (Å²) in [5, 5.41) is 7.12. The number of hydrogen-bond acceptors (Lipinski definition) is 4. The Morgan fingerprint density at radius 2 is 1.63 bits per heavy atom. The molecule has 0 aliphatic heterocycles. The number of carbonyl (C=O) groups excluding carboxylic acids is 2. The fraction of sp³-hybridized carbons (Fsp3) is 0.143. The van der Waals surface area contributed by atoms with Crippen molar-refractivity contribution in [3.05, 3.63) is 83.6 Å². The molecule has 0 spiro atoms. The van der Waals surface area contributed by atoms with Gasteiger partial charge in [-0.1, -0.05) is 23.7 Å². The zero-order chi connectivity index (χ0) is 24.9. The summed E-state index contributed by atoms with van der Waals surface area (Å²) in [7, 11) is 0. The number of halogens is 1. The van der Waals surface area contributed by atoms with Crippen molar-refractivity contribution in [2.45, 2.75) is 20.8 Å². The summed E-state index contributed by atoms with van der Waals surface area (Å²) in [6.45, 7) is 5.69. The van der Waals surface area contributed by atoms with Crippen molar-refractivity contribution >= 4 is 51.3 Å². The predicted octanol–water partition coefficient (Wildman–Crippen LogP) is 7.15. The van der Waals surface area contributed by atoms with E-state index in [1.54, 1.807) is 30.5 Å². The first-order chi connectivity index (χ1) is 16.8. The maximum atomic E-state index is 12.7. The lowest BCUT2D eigenvalue weighted by atomic mass is 9.99. The molecule has 2 amide bonds. The zero-order valence-electron chi connectivity index (χ0n) is 19.6. The number of fused-ring (bicyclic) bond motifs is 1. The molecule has 2 N–H and O–H groups in total. The van der Waals surface area contributed by atoms with Gasteiger partial charge in [0.05, 0.1) is 12.9 Å². The molecule has 0 atom stereocenters. The second-order valence-corrected chi connectivity index (χ2v) is 8.45. The Bertz CT molecular complexity index is 1400. The molecule has 0 unspecified atom stereocenters. The largest absolute Gasteiger partial charge is 0.493 e. The number of amides is 2. The Morgan fingerprint density at radius 1 is 0.971 bits per heavy atom. The van der Waals surface area contributed by atoms with Crippen LogP contribution in [0.1, 0.15) is 26.3 Å². The Hall–Kier alpha value is -4.03. The third kappa shape index (κ3) is 5.73. The van der Waals surface area contributed by atoms with Gasteiger partial charge in [0.25, 0.3) is 0 Å². The number of allylic oxidation sites excluding steroid dienone is 1. The second kappa shape index (κ2) is 10.5. The minimum absolute atomic E-state index is 0.153. The highest BCUT2D eigenvalue weighted by Gasteiger charge is 2.15. The highest BCUT2D eigenvalue weighted by atomic mass is 35.5. The van der Waals surface area contributed by atoms with E-state index in [2.05, 4.69) is 10.6 Å². The van der Waals surface area contributed by atoms with Crippen molar-refractivity contribution in [3.8, 4) is 16.9 Å². The fourth-order valence-corrected chi connectivity index (χ4v) is 3.91. The molecule has 0 radical (unpaired) electrons. The molecule has 6 nitrogen and oxygen atoms in total. The number of rotatable bonds is 7. The number of anilines is 2. The van der Waals surface area contributed by atoms with Crippen molar-refractivity contribution < 1.29 is 18.7 Å². The molecule has 1 heterocycles. The summed E-state index contributed by atoms with van der Waals surface area (Å²) >= 11 is 6.05. The van der Waals surface area contributed by atoms with Crippen LogP contribution in [-0.4, -0.2) is 18.4 Å². The van der Waals surface area contributed by atoms with Gasteiger partial charge >= 0.3 is 0 Å². The number of furan rings is 1. The summed E-state index contributed by atoms with van der Waals surface area (Å²) in [6, 6.07) is 18.3. The average molecular weight is 489 g/mol. The van der Waals surface area contributed by atoms with Crippen LogP contribution in [0.4, 0.5) is 11.4 Å². The molecule has 178 valence electrons. The first-order valence-corrected chi connectivity index (χ1v) is 11.5. The number of ether oxygens (including phenoxy) is 1. The van der Waals surface area contributed by atoms with E-state index in [0.717, 1.165) is 27.6 Å². The molecule has 0 bridgehead atoms. The van der Waals surface area contributed by atoms with Gasteiger partial charge in [-0.2, -0.15) is 0 Å². The van der Waals surface area contributed by atoms with Gasteiger partial charge in [-0.3, -0.25) is 9.59 Å². The van der Waals surface area contributed by atoms with Crippen LogP contribution in [0, 0.1) is 0 Å². The van der Waals surface area contributed by atoms with Crippen LogP contribution in [0.25, 0.3) is 27.7 Å². The van der Waals surface area contributed by atoms with E-state index in [4.69, 9.17) is 20.8 Å². The van der Waals surface area contributed by atoms with Crippen LogP contribution in [0.3, 0.4) is 0 Å². The topological polar surface area (TPSA) is 80.6 Å². The molecule has 0 aliphatic carbocycles. The van der Waals surface area contributed by atoms with Gasteiger partial charge in [0.2, 0.25) is 11.8 Å². The van der Waals surface area contributed by atoms with Gasteiger partial charge in [0, 0.05) is 52.0 Å². The van der Waals surface area contributed by atoms with Gasteiger partial charge in [0.15, 0.2) is 0 Å². The van der Waals surface area contributed by atoms with Crippen LogP contribution in [0.15, 0.2) is 77.4 Å². The van der Waals surface area contributed by atoms with Crippen molar-refractivity contribution in [1.82, 2.24) is 0 Å². The summed E-state index contributed by atoms with van der Waals surface area (Å²) in [4.78, 5) is 23.9. The summed E-state index contributed by atoms with van der Waals surface area (Å²) in [5.41, 5.74) is 5.42. The Labute approximate surface area is 208 Å². The molecular formula is C28H25ClN2O4. The van der Waals surface area contributed by atoms with E-state index in [9.17, 15) is 9.59 Å². The van der Waals surface area contributed by atoms with Crippen molar-refractivity contribution in [1.29, 1.82) is 0 Å². The third-order valence-electron chi connectivity index (χ3n) is 5.38. The zero-order valence-corrected chi connectivity index (χ0v) is 20.4. The summed E-state index contributed by atoms with van der Waals surface area (Å²) in [6.07, 6.45) is 3.25. The first kappa shape index (κ1) is 24.1. The summed E-state index contributed by atoms with van der Waals surface area (Å²) < 4.78 is 11.7. The average Bonchev–Trinajstić information content (AvgIpc) is 3.23. The molecule has 0 saturated carbocycles. The highest BCUT2D eigenvalue weighted by molar-refractivity contribution is 6.30. The monoisotopic (exact) mass is 488 g/mol. The second-order valence-electron chi connectivity index (χ2n) is 8.01. The van der Waals surface area contributed by atoms with Gasteiger partial charge in [-0.05, 0) is 67.4 Å². The molecule has 0 saturated heterocycles. The molecule has 4 rings (SSSR count). The fourth-order valence-electron chi connectivity index (χ4n) is 3.78. The van der Waals surface area contributed by atoms with E-state index in [1.807, 2.05) is 50.2 Å². The van der Waals surface area contributed by atoms with Crippen molar-refractivity contribution in [3.63, 3.8) is 0 Å². The van der Waals surface area contributed by atoms with Gasteiger partial charge < -0.3 is 19.8 Å². The highest BCUT2D eigenvalue weighted by Crippen LogP contribution is 2.37. The quantitative estimate of drug-likeness (QED) is 0.270. The van der Waals surface area contributed by atoms with E-state index < -0.39 is 0 Å². The maximum Gasteiger partial charge on any atom is 0.248 e. The minimum atomic E-state index is -0.276. The van der Waals surface area contributed by atoms with Gasteiger partial charge in [0.1, 0.15) is 11.3 Å². The van der Waals surface area contributed by atoms with E-state index >= 15 is 0 Å². The molecule has 35 heavy (non-hydrogen) atoms. The Kier molecular flexibility index (Phi) is 7.22. The van der Waals surface area contributed by atoms with E-state index in [-0.39, 0.29) is 11.8 Å². The normalized spacial score (nSPS) is 11.4. The number of benzene rings is 3. The molecule has 3 aromatic carbocycles. The molecule has 7 heteroatoms. The SMILES string of the molecule is CCOc1cc2occ(-c3ccc(Cl)cc3)c2cc1/C(C)=C/C(=O)Nc1ccc(NC(C)=O)cc1. The smallest absolute Gasteiger partial charge is 0.248 e. The van der Waals surface area contributed by atoms with Crippen LogP contribution in [0.2, 0.25) is 5.02 Å². The van der Waals surface area contributed by atoms with Gasteiger partial charge in [-0.15, -0.1) is 0 Å². The lowest BCUT2D eigenvalue weighted by molar-refractivity contribution is -0.114. The van der Waals surface area contributed by atoms with Crippen molar-refractivity contribution in [2.24, 2.45) is 0 Å². The maximum absolute atomic E-state index is 12.7. The van der Waals surface area contributed by atoms with Gasteiger partial charge in [-0.25, -0.2) is 0 Å². The molecule has 1 aromatic heterocycles. The Morgan fingerprint density at radius 3 is 2.26 bits per heavy atom. The lowest BCUT2D eigenvalue weighted by Crippen LogP contribution is -2.09. The number of hydrogen-bond donors (Lipinski definition) is 2. The van der Waals surface area contributed by atoms with Crippen LogP contribution in [0.5, 0.6) is 5.75 Å². The Balaban J connectivity index is 1.63. The standard InChI is InChI=1S/C28H25ClN2O4/c1-4-34-26-15-27-24(25(16-35-27)19-5-7-20(29)8-6-19)14-23(26)17(2)13-28(33)31-22-11-9-21(10-12-22)30-18(3)32/h5-16H,4H2,1-3H3,(H,30,32)(H,31,33)/b17-13+. The van der Waals surface area contributed by atoms with Crippen LogP contribution >= 0.6 is 11.6 Å².